The minimum Gasteiger partial charge on any atom is -0.382 e. The van der Waals surface area contributed by atoms with Crippen LogP contribution in [0.2, 0.25) is 5.28 Å². The van der Waals surface area contributed by atoms with Crippen LogP contribution in [0.5, 0.6) is 0 Å². The number of rotatable bonds is 9. The van der Waals surface area contributed by atoms with Gasteiger partial charge in [0, 0.05) is 25.6 Å². The van der Waals surface area contributed by atoms with Crippen LogP contribution in [0.25, 0.3) is 10.9 Å². The predicted molar refractivity (Wildman–Crippen MR) is 85.0 cm³/mol. The van der Waals surface area contributed by atoms with Crippen molar-refractivity contribution in [3.63, 3.8) is 0 Å². The van der Waals surface area contributed by atoms with E-state index in [4.69, 9.17) is 21.1 Å². The molecule has 1 aromatic heterocycles. The van der Waals surface area contributed by atoms with E-state index in [0.717, 1.165) is 42.7 Å². The summed E-state index contributed by atoms with van der Waals surface area (Å²) in [7, 11) is 1.67. The van der Waals surface area contributed by atoms with Gasteiger partial charge >= 0.3 is 0 Å². The van der Waals surface area contributed by atoms with E-state index >= 15 is 0 Å². The number of nitrogens with zero attached hydrogens (tertiary/aromatic N) is 2. The van der Waals surface area contributed by atoms with Gasteiger partial charge in [0.15, 0.2) is 0 Å². The highest BCUT2D eigenvalue weighted by atomic mass is 35.5. The first kappa shape index (κ1) is 15.9. The number of benzene rings is 1. The number of halogens is 1. The molecule has 1 heterocycles. The number of anilines is 1. The summed E-state index contributed by atoms with van der Waals surface area (Å²) in [6.45, 7) is 2.86. The third-order valence-corrected chi connectivity index (χ3v) is 3.18. The first-order valence-electron chi connectivity index (χ1n) is 7.04. The number of nitrogens with one attached hydrogen (secondary N) is 1. The van der Waals surface area contributed by atoms with E-state index in [2.05, 4.69) is 15.3 Å². The highest BCUT2D eigenvalue weighted by molar-refractivity contribution is 6.28. The standard InChI is InChI=1S/C15H20ClN3O2/c1-20-10-11-21-9-5-4-8-17-14-12-6-2-3-7-13(12)18-15(16)19-14/h2-3,6-7H,4-5,8-11H2,1H3,(H,17,18,19). The van der Waals surface area contributed by atoms with Crippen LogP contribution >= 0.6 is 11.6 Å². The van der Waals surface area contributed by atoms with Crippen molar-refractivity contribution in [2.75, 3.05) is 38.8 Å². The average Bonchev–Trinajstić information content (AvgIpc) is 2.49. The second kappa shape index (κ2) is 8.77. The van der Waals surface area contributed by atoms with Gasteiger partial charge in [-0.2, -0.15) is 0 Å². The lowest BCUT2D eigenvalue weighted by atomic mass is 10.2. The molecule has 0 aliphatic rings. The number of hydrogen-bond donors (Lipinski definition) is 1. The van der Waals surface area contributed by atoms with E-state index in [1.807, 2.05) is 24.3 Å². The molecule has 2 aromatic rings. The summed E-state index contributed by atoms with van der Waals surface area (Å²) in [5, 5.41) is 4.56. The van der Waals surface area contributed by atoms with E-state index in [0.29, 0.717) is 13.2 Å². The van der Waals surface area contributed by atoms with E-state index in [1.165, 1.54) is 0 Å². The highest BCUT2D eigenvalue weighted by Crippen LogP contribution is 2.21. The molecule has 0 amide bonds. The molecule has 114 valence electrons. The Morgan fingerprint density at radius 3 is 2.81 bits per heavy atom. The van der Waals surface area contributed by atoms with Crippen LogP contribution < -0.4 is 5.32 Å². The third kappa shape index (κ3) is 5.12. The van der Waals surface area contributed by atoms with E-state index in [-0.39, 0.29) is 5.28 Å². The van der Waals surface area contributed by atoms with Crippen molar-refractivity contribution >= 4 is 28.3 Å². The molecule has 1 N–H and O–H groups in total. The first-order valence-corrected chi connectivity index (χ1v) is 7.42. The summed E-state index contributed by atoms with van der Waals surface area (Å²) in [6, 6.07) is 7.82. The van der Waals surface area contributed by atoms with Crippen molar-refractivity contribution in [3.8, 4) is 0 Å². The molecule has 0 spiro atoms. The fourth-order valence-electron chi connectivity index (χ4n) is 1.96. The minimum atomic E-state index is 0.263. The molecule has 0 aliphatic carbocycles. The van der Waals surface area contributed by atoms with Crippen LogP contribution in [0.15, 0.2) is 24.3 Å². The Morgan fingerprint density at radius 2 is 1.95 bits per heavy atom. The molecule has 0 aliphatic heterocycles. The maximum absolute atomic E-state index is 5.94. The average molecular weight is 310 g/mol. The van der Waals surface area contributed by atoms with E-state index in [9.17, 15) is 0 Å². The van der Waals surface area contributed by atoms with Gasteiger partial charge in [-0.25, -0.2) is 9.97 Å². The Bertz CT molecular complexity index is 566. The van der Waals surface area contributed by atoms with Crippen LogP contribution in [0, 0.1) is 0 Å². The van der Waals surface area contributed by atoms with Gasteiger partial charge in [-0.15, -0.1) is 0 Å². The van der Waals surface area contributed by atoms with Crippen LogP contribution in [0.4, 0.5) is 5.82 Å². The summed E-state index contributed by atoms with van der Waals surface area (Å²) in [6.07, 6.45) is 2.00. The molecule has 0 fully saturated rings. The summed E-state index contributed by atoms with van der Waals surface area (Å²) in [4.78, 5) is 8.46. The van der Waals surface area contributed by atoms with E-state index in [1.54, 1.807) is 7.11 Å². The Morgan fingerprint density at radius 1 is 1.10 bits per heavy atom. The summed E-state index contributed by atoms with van der Waals surface area (Å²) in [5.41, 5.74) is 0.850. The van der Waals surface area contributed by atoms with Gasteiger partial charge in [-0.1, -0.05) is 12.1 Å². The van der Waals surface area contributed by atoms with Crippen LogP contribution in [0.3, 0.4) is 0 Å². The van der Waals surface area contributed by atoms with E-state index < -0.39 is 0 Å². The molecule has 0 radical (unpaired) electrons. The monoisotopic (exact) mass is 309 g/mol. The first-order chi connectivity index (χ1) is 10.3. The van der Waals surface area contributed by atoms with Gasteiger partial charge in [-0.3, -0.25) is 0 Å². The molecule has 21 heavy (non-hydrogen) atoms. The second-order valence-electron chi connectivity index (χ2n) is 4.60. The topological polar surface area (TPSA) is 56.3 Å². The van der Waals surface area contributed by atoms with Crippen molar-refractivity contribution in [2.45, 2.75) is 12.8 Å². The molecule has 0 atom stereocenters. The van der Waals surface area contributed by atoms with Crippen molar-refractivity contribution < 1.29 is 9.47 Å². The summed E-state index contributed by atoms with van der Waals surface area (Å²) >= 11 is 5.94. The number of hydrogen-bond acceptors (Lipinski definition) is 5. The number of aromatic nitrogens is 2. The fraction of sp³-hybridized carbons (Fsp3) is 0.467. The number of unbranched alkanes of at least 4 members (excludes halogenated alkanes) is 1. The van der Waals surface area contributed by atoms with Gasteiger partial charge in [0.2, 0.25) is 5.28 Å². The summed E-state index contributed by atoms with van der Waals surface area (Å²) < 4.78 is 10.3. The van der Waals surface area contributed by atoms with Gasteiger partial charge in [0.25, 0.3) is 0 Å². The largest absolute Gasteiger partial charge is 0.382 e. The quantitative estimate of drug-likeness (QED) is 0.569. The van der Waals surface area contributed by atoms with Crippen LogP contribution in [0.1, 0.15) is 12.8 Å². The van der Waals surface area contributed by atoms with Gasteiger partial charge < -0.3 is 14.8 Å². The summed E-state index contributed by atoms with van der Waals surface area (Å²) in [5.74, 6) is 0.783. The molecule has 0 bridgehead atoms. The molecule has 2 rings (SSSR count). The Balaban J connectivity index is 1.78. The molecule has 0 unspecified atom stereocenters. The van der Waals surface area contributed by atoms with Crippen LogP contribution in [-0.4, -0.2) is 43.4 Å². The molecule has 0 saturated heterocycles. The van der Waals surface area contributed by atoms with Gasteiger partial charge in [0.1, 0.15) is 5.82 Å². The lowest BCUT2D eigenvalue weighted by Crippen LogP contribution is -2.07. The van der Waals surface area contributed by atoms with Crippen molar-refractivity contribution in [3.05, 3.63) is 29.5 Å². The van der Waals surface area contributed by atoms with Gasteiger partial charge in [0.05, 0.1) is 18.7 Å². The number of ether oxygens (including phenoxy) is 2. The van der Waals surface area contributed by atoms with Crippen molar-refractivity contribution in [2.24, 2.45) is 0 Å². The Hall–Kier alpha value is -1.43. The van der Waals surface area contributed by atoms with Crippen LogP contribution in [-0.2, 0) is 9.47 Å². The zero-order valence-electron chi connectivity index (χ0n) is 12.1. The second-order valence-corrected chi connectivity index (χ2v) is 4.94. The Kier molecular flexibility index (Phi) is 6.66. The zero-order chi connectivity index (χ0) is 14.9. The number of para-hydroxylation sites is 1. The SMILES string of the molecule is COCCOCCCCNc1nc(Cl)nc2ccccc12. The number of methoxy groups -OCH3 is 1. The lowest BCUT2D eigenvalue weighted by molar-refractivity contribution is 0.0691. The molecule has 6 heteroatoms. The van der Waals surface area contributed by atoms with Gasteiger partial charge in [-0.05, 0) is 36.6 Å². The maximum Gasteiger partial charge on any atom is 0.224 e. The molecular weight excluding hydrogens is 290 g/mol. The smallest absolute Gasteiger partial charge is 0.224 e. The lowest BCUT2D eigenvalue weighted by Gasteiger charge is -2.09. The van der Waals surface area contributed by atoms with Crippen molar-refractivity contribution in [1.29, 1.82) is 0 Å². The molecular formula is C15H20ClN3O2. The highest BCUT2D eigenvalue weighted by Gasteiger charge is 2.05. The predicted octanol–water partition coefficient (Wildman–Crippen LogP) is 3.14. The maximum atomic E-state index is 5.94. The molecule has 1 aromatic carbocycles. The molecule has 5 nitrogen and oxygen atoms in total. The normalized spacial score (nSPS) is 11.0. The molecule has 0 saturated carbocycles. The third-order valence-electron chi connectivity index (χ3n) is 3.02. The Labute approximate surface area is 129 Å². The zero-order valence-corrected chi connectivity index (χ0v) is 12.9. The minimum absolute atomic E-state index is 0.263. The van der Waals surface area contributed by atoms with Crippen molar-refractivity contribution in [1.82, 2.24) is 9.97 Å². The fourth-order valence-corrected chi connectivity index (χ4v) is 2.14. The number of fused-ring (bicyclic) bond motifs is 1.